The van der Waals surface area contributed by atoms with Crippen LogP contribution in [0, 0.1) is 15.9 Å². The van der Waals surface area contributed by atoms with Gasteiger partial charge in [0.15, 0.2) is 0 Å². The van der Waals surface area contributed by atoms with E-state index in [0.717, 1.165) is 31.0 Å². The summed E-state index contributed by atoms with van der Waals surface area (Å²) in [6.45, 7) is 0.621. The minimum atomic E-state index is -0.941. The largest absolute Gasteiger partial charge is 0.480 e. The van der Waals surface area contributed by atoms with Crippen molar-refractivity contribution in [1.82, 2.24) is 4.90 Å². The van der Waals surface area contributed by atoms with Gasteiger partial charge in [0.25, 0.3) is 5.69 Å². The normalized spacial score (nSPS) is 19.8. The van der Waals surface area contributed by atoms with Crippen LogP contribution in [0.25, 0.3) is 0 Å². The fraction of sp³-hybridized carbons (Fsp3) is 0.462. The number of nitro benzene ring substituents is 1. The van der Waals surface area contributed by atoms with Gasteiger partial charge in [0.05, 0.1) is 4.92 Å². The predicted octanol–water partition coefficient (Wildman–Crippen LogP) is 2.17. The van der Waals surface area contributed by atoms with E-state index in [9.17, 15) is 24.4 Å². The molecule has 1 saturated heterocycles. The van der Waals surface area contributed by atoms with Gasteiger partial charge in [-0.3, -0.25) is 19.8 Å². The fourth-order valence-electron chi connectivity index (χ4n) is 2.54. The van der Waals surface area contributed by atoms with Crippen molar-refractivity contribution in [1.29, 1.82) is 0 Å². The van der Waals surface area contributed by atoms with E-state index in [0.29, 0.717) is 13.0 Å². The summed E-state index contributed by atoms with van der Waals surface area (Å²) in [5.41, 5.74) is 0.0317. The number of aliphatic carboxylic acids is 1. The van der Waals surface area contributed by atoms with Gasteiger partial charge in [-0.25, -0.2) is 4.39 Å². The number of halogens is 1. The van der Waals surface area contributed by atoms with Crippen LogP contribution in [0.3, 0.4) is 0 Å². The maximum absolute atomic E-state index is 13.3. The van der Waals surface area contributed by atoms with Crippen LogP contribution in [-0.4, -0.2) is 33.5 Å². The summed E-state index contributed by atoms with van der Waals surface area (Å²) in [6.07, 6.45) is 2.17. The summed E-state index contributed by atoms with van der Waals surface area (Å²) in [5.74, 6) is -1.50. The number of hydrogen-bond donors (Lipinski definition) is 1. The molecule has 1 unspecified atom stereocenters. The zero-order valence-corrected chi connectivity index (χ0v) is 10.8. The Balaban J connectivity index is 2.25. The van der Waals surface area contributed by atoms with Gasteiger partial charge < -0.3 is 5.11 Å². The van der Waals surface area contributed by atoms with Gasteiger partial charge in [0, 0.05) is 18.2 Å². The second-order valence-corrected chi connectivity index (χ2v) is 4.85. The molecular weight excluding hydrogens is 267 g/mol. The van der Waals surface area contributed by atoms with Crippen LogP contribution in [0.4, 0.5) is 10.1 Å². The minimum absolute atomic E-state index is 0.0744. The molecule has 1 aromatic carbocycles. The maximum atomic E-state index is 13.3. The number of piperidine rings is 1. The van der Waals surface area contributed by atoms with Gasteiger partial charge in [-0.1, -0.05) is 6.42 Å². The zero-order chi connectivity index (χ0) is 14.7. The monoisotopic (exact) mass is 282 g/mol. The molecule has 1 aliphatic heterocycles. The number of benzene rings is 1. The Kier molecular flexibility index (Phi) is 4.29. The molecule has 2 rings (SSSR count). The lowest BCUT2D eigenvalue weighted by atomic mass is 10.0. The molecule has 1 aliphatic rings. The van der Waals surface area contributed by atoms with Crippen LogP contribution in [0.1, 0.15) is 24.8 Å². The zero-order valence-electron chi connectivity index (χ0n) is 10.8. The van der Waals surface area contributed by atoms with Crippen molar-refractivity contribution < 1.29 is 19.2 Å². The third kappa shape index (κ3) is 3.11. The Morgan fingerprint density at radius 1 is 1.50 bits per heavy atom. The van der Waals surface area contributed by atoms with Crippen LogP contribution in [0.2, 0.25) is 0 Å². The van der Waals surface area contributed by atoms with Crippen LogP contribution >= 0.6 is 0 Å². The molecule has 0 spiro atoms. The highest BCUT2D eigenvalue weighted by Gasteiger charge is 2.30. The first-order chi connectivity index (χ1) is 9.49. The number of hydrogen-bond acceptors (Lipinski definition) is 4. The molecule has 0 saturated carbocycles. The molecule has 1 fully saturated rings. The van der Waals surface area contributed by atoms with Crippen LogP contribution < -0.4 is 0 Å². The minimum Gasteiger partial charge on any atom is -0.480 e. The number of carboxylic acids is 1. The van der Waals surface area contributed by atoms with Crippen molar-refractivity contribution in [2.24, 2.45) is 0 Å². The van der Waals surface area contributed by atoms with Gasteiger partial charge in [0.1, 0.15) is 11.9 Å². The van der Waals surface area contributed by atoms with E-state index in [1.807, 2.05) is 0 Å². The van der Waals surface area contributed by atoms with Gasteiger partial charge in [0.2, 0.25) is 0 Å². The lowest BCUT2D eigenvalue weighted by molar-refractivity contribution is -0.385. The Bertz CT molecular complexity index is 535. The molecular formula is C13H15FN2O4. The highest BCUT2D eigenvalue weighted by Crippen LogP contribution is 2.25. The average Bonchev–Trinajstić information content (AvgIpc) is 2.38. The summed E-state index contributed by atoms with van der Waals surface area (Å²) < 4.78 is 13.3. The quantitative estimate of drug-likeness (QED) is 0.676. The summed E-state index contributed by atoms with van der Waals surface area (Å²) in [7, 11) is 0. The molecule has 0 aliphatic carbocycles. The molecule has 1 atom stereocenters. The topological polar surface area (TPSA) is 83.7 Å². The summed E-state index contributed by atoms with van der Waals surface area (Å²) >= 11 is 0. The lowest BCUT2D eigenvalue weighted by Crippen LogP contribution is -2.44. The van der Waals surface area contributed by atoms with Gasteiger partial charge >= 0.3 is 5.97 Å². The third-order valence-corrected chi connectivity index (χ3v) is 3.51. The second-order valence-electron chi connectivity index (χ2n) is 4.85. The lowest BCUT2D eigenvalue weighted by Gasteiger charge is -2.32. The first-order valence-electron chi connectivity index (χ1n) is 6.38. The Hall–Kier alpha value is -2.02. The van der Waals surface area contributed by atoms with Crippen LogP contribution in [0.15, 0.2) is 18.2 Å². The molecule has 1 N–H and O–H groups in total. The molecule has 108 valence electrons. The van der Waals surface area contributed by atoms with E-state index in [1.54, 1.807) is 4.90 Å². The number of likely N-dealkylation sites (tertiary alicyclic amines) is 1. The number of rotatable bonds is 4. The van der Waals surface area contributed by atoms with Gasteiger partial charge in [-0.2, -0.15) is 0 Å². The van der Waals surface area contributed by atoms with Gasteiger partial charge in [-0.15, -0.1) is 0 Å². The average molecular weight is 282 g/mol. The molecule has 0 amide bonds. The molecule has 0 aromatic heterocycles. The molecule has 20 heavy (non-hydrogen) atoms. The Morgan fingerprint density at radius 2 is 2.25 bits per heavy atom. The summed E-state index contributed by atoms with van der Waals surface area (Å²) in [5, 5.41) is 20.1. The molecule has 6 nitrogen and oxygen atoms in total. The molecule has 1 aromatic rings. The standard InChI is InChI=1S/C13H15FN2O4/c14-10-4-5-11(16(19)20)9(7-10)8-15-6-2-1-3-12(15)13(17)18/h4-5,7,12H,1-3,6,8H2,(H,17,18). The first-order valence-corrected chi connectivity index (χ1v) is 6.38. The van der Waals surface area contributed by atoms with E-state index < -0.39 is 22.8 Å². The van der Waals surface area contributed by atoms with E-state index >= 15 is 0 Å². The molecule has 1 heterocycles. The van der Waals surface area contributed by atoms with Crippen LogP contribution in [0.5, 0.6) is 0 Å². The highest BCUT2D eigenvalue weighted by molar-refractivity contribution is 5.73. The molecule has 0 bridgehead atoms. The molecule has 0 radical (unpaired) electrons. The predicted molar refractivity (Wildman–Crippen MR) is 68.7 cm³/mol. The number of nitrogens with zero attached hydrogens (tertiary/aromatic N) is 2. The van der Waals surface area contributed by atoms with E-state index in [1.165, 1.54) is 0 Å². The number of carboxylic acid groups (broad SMARTS) is 1. The fourth-order valence-corrected chi connectivity index (χ4v) is 2.54. The second kappa shape index (κ2) is 5.96. The Labute approximate surface area is 115 Å². The first kappa shape index (κ1) is 14.4. The number of carbonyl (C=O) groups is 1. The summed E-state index contributed by atoms with van der Waals surface area (Å²) in [6, 6.07) is 2.59. The van der Waals surface area contributed by atoms with Crippen molar-refractivity contribution in [2.75, 3.05) is 6.54 Å². The third-order valence-electron chi connectivity index (χ3n) is 3.51. The van der Waals surface area contributed by atoms with E-state index in [4.69, 9.17) is 0 Å². The SMILES string of the molecule is O=C(O)C1CCCCN1Cc1cc(F)ccc1[N+](=O)[O-]. The van der Waals surface area contributed by atoms with Crippen molar-refractivity contribution in [3.63, 3.8) is 0 Å². The summed E-state index contributed by atoms with van der Waals surface area (Å²) in [4.78, 5) is 23.2. The van der Waals surface area contributed by atoms with E-state index in [-0.39, 0.29) is 17.8 Å². The number of nitro groups is 1. The Morgan fingerprint density at radius 3 is 2.90 bits per heavy atom. The van der Waals surface area contributed by atoms with E-state index in [2.05, 4.69) is 0 Å². The van der Waals surface area contributed by atoms with Crippen molar-refractivity contribution >= 4 is 11.7 Å². The van der Waals surface area contributed by atoms with Crippen LogP contribution in [-0.2, 0) is 11.3 Å². The maximum Gasteiger partial charge on any atom is 0.320 e. The van der Waals surface area contributed by atoms with Crippen molar-refractivity contribution in [3.05, 3.63) is 39.7 Å². The van der Waals surface area contributed by atoms with Crippen molar-refractivity contribution in [3.8, 4) is 0 Å². The van der Waals surface area contributed by atoms with Crippen molar-refractivity contribution in [2.45, 2.75) is 31.8 Å². The smallest absolute Gasteiger partial charge is 0.320 e. The highest BCUT2D eigenvalue weighted by atomic mass is 19.1. The molecule has 7 heteroatoms. The van der Waals surface area contributed by atoms with Gasteiger partial charge in [-0.05, 0) is 31.5 Å².